The summed E-state index contributed by atoms with van der Waals surface area (Å²) in [5.41, 5.74) is 3.43. The predicted molar refractivity (Wildman–Crippen MR) is 66.7 cm³/mol. The molecule has 0 bridgehead atoms. The van der Waals surface area contributed by atoms with Gasteiger partial charge in [-0.25, -0.2) is 0 Å². The first-order chi connectivity index (χ1) is 7.88. The van der Waals surface area contributed by atoms with Crippen molar-refractivity contribution in [2.45, 2.75) is 12.8 Å². The van der Waals surface area contributed by atoms with Crippen molar-refractivity contribution in [2.75, 3.05) is 0 Å². The van der Waals surface area contributed by atoms with Crippen LogP contribution in [0, 0.1) is 0 Å². The van der Waals surface area contributed by atoms with E-state index in [0.717, 1.165) is 24.7 Å². The SMILES string of the molecule is O=Cc1ccc2ccc3c(c2c1)CCC=C3. The number of carbonyl (C=O) groups excluding carboxylic acids is 1. The maximum atomic E-state index is 10.8. The first kappa shape index (κ1) is 9.34. The molecular weight excluding hydrogens is 196 g/mol. The molecule has 0 N–H and O–H groups in total. The normalized spacial score (nSPS) is 13.8. The van der Waals surface area contributed by atoms with E-state index in [9.17, 15) is 4.79 Å². The Kier molecular flexibility index (Phi) is 2.10. The van der Waals surface area contributed by atoms with Crippen molar-refractivity contribution >= 4 is 23.1 Å². The number of hydrogen-bond acceptors (Lipinski definition) is 1. The number of hydrogen-bond donors (Lipinski definition) is 0. The van der Waals surface area contributed by atoms with Crippen LogP contribution in [0.25, 0.3) is 16.8 Å². The summed E-state index contributed by atoms with van der Waals surface area (Å²) in [6.07, 6.45) is 7.46. The average Bonchev–Trinajstić information content (AvgIpc) is 2.38. The summed E-state index contributed by atoms with van der Waals surface area (Å²) in [5.74, 6) is 0. The van der Waals surface area contributed by atoms with Gasteiger partial charge >= 0.3 is 0 Å². The second-order valence-electron chi connectivity index (χ2n) is 4.17. The molecule has 0 saturated heterocycles. The van der Waals surface area contributed by atoms with E-state index >= 15 is 0 Å². The molecule has 1 aliphatic carbocycles. The van der Waals surface area contributed by atoms with E-state index in [1.165, 1.54) is 21.9 Å². The van der Waals surface area contributed by atoms with Crippen LogP contribution in [-0.2, 0) is 6.42 Å². The van der Waals surface area contributed by atoms with Gasteiger partial charge in [0.15, 0.2) is 0 Å². The van der Waals surface area contributed by atoms with Crippen molar-refractivity contribution in [1.82, 2.24) is 0 Å². The molecule has 1 nitrogen and oxygen atoms in total. The number of aryl methyl sites for hydroxylation is 1. The minimum absolute atomic E-state index is 0.760. The smallest absolute Gasteiger partial charge is 0.150 e. The third-order valence-electron chi connectivity index (χ3n) is 3.19. The van der Waals surface area contributed by atoms with Crippen molar-refractivity contribution in [1.29, 1.82) is 0 Å². The lowest BCUT2D eigenvalue weighted by molar-refractivity contribution is 0.112. The number of aldehydes is 1. The van der Waals surface area contributed by atoms with E-state index < -0.39 is 0 Å². The third-order valence-corrected chi connectivity index (χ3v) is 3.19. The summed E-state index contributed by atoms with van der Waals surface area (Å²) in [5, 5.41) is 2.45. The lowest BCUT2D eigenvalue weighted by Crippen LogP contribution is -1.95. The molecule has 2 aromatic rings. The van der Waals surface area contributed by atoms with E-state index in [1.54, 1.807) is 0 Å². The summed E-state index contributed by atoms with van der Waals surface area (Å²) in [4.78, 5) is 10.8. The van der Waals surface area contributed by atoms with Crippen LogP contribution < -0.4 is 0 Å². The minimum atomic E-state index is 0.760. The molecule has 16 heavy (non-hydrogen) atoms. The molecule has 2 aromatic carbocycles. The Hall–Kier alpha value is -1.89. The number of allylic oxidation sites excluding steroid dienone is 1. The van der Waals surface area contributed by atoms with Gasteiger partial charge in [0.25, 0.3) is 0 Å². The van der Waals surface area contributed by atoms with Gasteiger partial charge in [0, 0.05) is 5.56 Å². The summed E-state index contributed by atoms with van der Waals surface area (Å²) in [6.45, 7) is 0. The lowest BCUT2D eigenvalue weighted by atomic mass is 9.91. The molecule has 0 spiro atoms. The summed E-state index contributed by atoms with van der Waals surface area (Å²) in [6, 6.07) is 10.2. The van der Waals surface area contributed by atoms with Crippen molar-refractivity contribution in [3.05, 3.63) is 53.1 Å². The van der Waals surface area contributed by atoms with Gasteiger partial charge in [-0.3, -0.25) is 4.79 Å². The fraction of sp³-hybridized carbons (Fsp3) is 0.133. The Morgan fingerprint density at radius 3 is 2.88 bits per heavy atom. The summed E-state index contributed by atoms with van der Waals surface area (Å²) >= 11 is 0. The van der Waals surface area contributed by atoms with E-state index in [2.05, 4.69) is 24.3 Å². The molecular formula is C15H12O. The Labute approximate surface area is 94.4 Å². The van der Waals surface area contributed by atoms with Gasteiger partial charge in [-0.2, -0.15) is 0 Å². The van der Waals surface area contributed by atoms with Crippen LogP contribution in [0.3, 0.4) is 0 Å². The highest BCUT2D eigenvalue weighted by Gasteiger charge is 2.08. The predicted octanol–water partition coefficient (Wildman–Crippen LogP) is 3.61. The van der Waals surface area contributed by atoms with Gasteiger partial charge in [-0.1, -0.05) is 36.4 Å². The van der Waals surface area contributed by atoms with E-state index in [1.807, 2.05) is 18.2 Å². The topological polar surface area (TPSA) is 17.1 Å². The van der Waals surface area contributed by atoms with Gasteiger partial charge in [0.05, 0.1) is 0 Å². The van der Waals surface area contributed by atoms with Gasteiger partial charge in [0.2, 0.25) is 0 Å². The molecule has 0 aliphatic heterocycles. The van der Waals surface area contributed by atoms with E-state index in [4.69, 9.17) is 0 Å². The molecule has 0 amide bonds. The monoisotopic (exact) mass is 208 g/mol. The molecule has 0 atom stereocenters. The second-order valence-corrected chi connectivity index (χ2v) is 4.17. The van der Waals surface area contributed by atoms with Crippen LogP contribution in [0.2, 0.25) is 0 Å². The van der Waals surface area contributed by atoms with Crippen molar-refractivity contribution in [3.63, 3.8) is 0 Å². The molecule has 1 aliphatic rings. The van der Waals surface area contributed by atoms with Gasteiger partial charge in [-0.15, -0.1) is 0 Å². The third kappa shape index (κ3) is 1.36. The Bertz CT molecular complexity index is 594. The average molecular weight is 208 g/mol. The lowest BCUT2D eigenvalue weighted by Gasteiger charge is -2.13. The fourth-order valence-electron chi connectivity index (χ4n) is 2.36. The van der Waals surface area contributed by atoms with Crippen LogP contribution in [0.4, 0.5) is 0 Å². The van der Waals surface area contributed by atoms with Crippen molar-refractivity contribution in [2.24, 2.45) is 0 Å². The second kappa shape index (κ2) is 3.60. The Balaban J connectivity index is 2.36. The van der Waals surface area contributed by atoms with Gasteiger partial charge < -0.3 is 0 Å². The van der Waals surface area contributed by atoms with Crippen LogP contribution >= 0.6 is 0 Å². The maximum Gasteiger partial charge on any atom is 0.150 e. The highest BCUT2D eigenvalue weighted by atomic mass is 16.1. The molecule has 0 fully saturated rings. The molecule has 0 radical (unpaired) electrons. The zero-order valence-corrected chi connectivity index (χ0v) is 8.94. The highest BCUT2D eigenvalue weighted by molar-refractivity contribution is 5.93. The van der Waals surface area contributed by atoms with E-state index in [0.29, 0.717) is 0 Å². The maximum absolute atomic E-state index is 10.8. The quantitative estimate of drug-likeness (QED) is 0.654. The van der Waals surface area contributed by atoms with Gasteiger partial charge in [-0.05, 0) is 40.8 Å². The highest BCUT2D eigenvalue weighted by Crippen LogP contribution is 2.28. The standard InChI is InChI=1S/C15H12O/c16-10-11-5-6-13-8-7-12-3-1-2-4-14(12)15(13)9-11/h1,3,5-10H,2,4H2. The number of carbonyl (C=O) groups is 1. The largest absolute Gasteiger partial charge is 0.298 e. The Morgan fingerprint density at radius 1 is 1.12 bits per heavy atom. The number of rotatable bonds is 1. The molecule has 78 valence electrons. The number of fused-ring (bicyclic) bond motifs is 3. The first-order valence-corrected chi connectivity index (χ1v) is 5.56. The molecule has 0 unspecified atom stereocenters. The number of benzene rings is 2. The van der Waals surface area contributed by atoms with Gasteiger partial charge in [0.1, 0.15) is 6.29 Å². The summed E-state index contributed by atoms with van der Waals surface area (Å²) in [7, 11) is 0. The zero-order chi connectivity index (χ0) is 11.0. The van der Waals surface area contributed by atoms with Crippen LogP contribution in [0.5, 0.6) is 0 Å². The molecule has 0 aromatic heterocycles. The molecule has 0 heterocycles. The van der Waals surface area contributed by atoms with Crippen molar-refractivity contribution < 1.29 is 4.79 Å². The van der Waals surface area contributed by atoms with Crippen LogP contribution in [0.15, 0.2) is 36.4 Å². The van der Waals surface area contributed by atoms with Crippen LogP contribution in [-0.4, -0.2) is 6.29 Å². The Morgan fingerprint density at radius 2 is 2.00 bits per heavy atom. The fourth-order valence-corrected chi connectivity index (χ4v) is 2.36. The van der Waals surface area contributed by atoms with E-state index in [-0.39, 0.29) is 0 Å². The van der Waals surface area contributed by atoms with Crippen LogP contribution in [0.1, 0.15) is 27.9 Å². The minimum Gasteiger partial charge on any atom is -0.298 e. The zero-order valence-electron chi connectivity index (χ0n) is 8.94. The molecule has 3 rings (SSSR count). The molecule has 0 saturated carbocycles. The van der Waals surface area contributed by atoms with Crippen molar-refractivity contribution in [3.8, 4) is 0 Å². The molecule has 1 heteroatoms. The summed E-state index contributed by atoms with van der Waals surface area (Å²) < 4.78 is 0. The first-order valence-electron chi connectivity index (χ1n) is 5.56.